The largest absolute Gasteiger partial charge is 0.465 e. The van der Waals surface area contributed by atoms with Crippen molar-refractivity contribution in [1.29, 1.82) is 0 Å². The van der Waals surface area contributed by atoms with E-state index in [1.807, 2.05) is 12.3 Å². The Balaban J connectivity index is 1.93. The maximum absolute atomic E-state index is 11.3. The number of rotatable bonds is 7. The zero-order chi connectivity index (χ0) is 15.1. The van der Waals surface area contributed by atoms with Gasteiger partial charge in [0.2, 0.25) is 0 Å². The molecule has 0 radical (unpaired) electrons. The SMILES string of the molecule is CCCNCc1ccn(Cc2ccc(C(=O)OC)cn2)c1. The maximum atomic E-state index is 11.3. The molecule has 2 heterocycles. The molecule has 0 spiro atoms. The Morgan fingerprint density at radius 1 is 1.38 bits per heavy atom. The smallest absolute Gasteiger partial charge is 0.339 e. The number of methoxy groups -OCH3 is 1. The van der Waals surface area contributed by atoms with Crippen LogP contribution in [0.2, 0.25) is 0 Å². The Hall–Kier alpha value is -2.14. The molecule has 5 heteroatoms. The van der Waals surface area contributed by atoms with E-state index in [2.05, 4.69) is 38.8 Å². The number of esters is 1. The average Bonchev–Trinajstić information content (AvgIpc) is 2.95. The first-order valence-electron chi connectivity index (χ1n) is 7.11. The molecule has 0 unspecified atom stereocenters. The molecule has 1 N–H and O–H groups in total. The summed E-state index contributed by atoms with van der Waals surface area (Å²) in [5, 5.41) is 3.37. The monoisotopic (exact) mass is 287 g/mol. The third-order valence-electron chi connectivity index (χ3n) is 3.16. The molecule has 0 aromatic carbocycles. The molecule has 0 aliphatic carbocycles. The van der Waals surface area contributed by atoms with Gasteiger partial charge in [-0.1, -0.05) is 6.92 Å². The minimum atomic E-state index is -0.362. The number of aromatic nitrogens is 2. The van der Waals surface area contributed by atoms with Gasteiger partial charge in [-0.3, -0.25) is 4.98 Å². The second kappa shape index (κ2) is 7.59. The van der Waals surface area contributed by atoms with E-state index in [9.17, 15) is 4.79 Å². The lowest BCUT2D eigenvalue weighted by Gasteiger charge is -2.04. The minimum absolute atomic E-state index is 0.362. The van der Waals surface area contributed by atoms with Crippen LogP contribution in [0, 0.1) is 0 Å². The van der Waals surface area contributed by atoms with E-state index < -0.39 is 0 Å². The lowest BCUT2D eigenvalue weighted by Crippen LogP contribution is -2.13. The van der Waals surface area contributed by atoms with Crippen LogP contribution in [-0.2, 0) is 17.8 Å². The standard InChI is InChI=1S/C16H21N3O2/c1-3-7-17-9-13-6-8-19(11-13)12-15-5-4-14(10-18-15)16(20)21-2/h4-6,8,10-11,17H,3,7,9,12H2,1-2H3. The van der Waals surface area contributed by atoms with Gasteiger partial charge in [-0.15, -0.1) is 0 Å². The van der Waals surface area contributed by atoms with Crippen LogP contribution in [0.4, 0.5) is 0 Å². The maximum Gasteiger partial charge on any atom is 0.339 e. The van der Waals surface area contributed by atoms with Crippen molar-refractivity contribution in [3.8, 4) is 0 Å². The van der Waals surface area contributed by atoms with Gasteiger partial charge in [0.25, 0.3) is 0 Å². The molecule has 0 saturated carbocycles. The van der Waals surface area contributed by atoms with Crippen molar-refractivity contribution >= 4 is 5.97 Å². The number of carbonyl (C=O) groups is 1. The number of pyridine rings is 1. The second-order valence-corrected chi connectivity index (χ2v) is 4.90. The highest BCUT2D eigenvalue weighted by Gasteiger charge is 2.05. The van der Waals surface area contributed by atoms with Gasteiger partial charge in [0.15, 0.2) is 0 Å². The molecule has 0 saturated heterocycles. The molecular formula is C16H21N3O2. The van der Waals surface area contributed by atoms with Crippen LogP contribution in [-0.4, -0.2) is 29.2 Å². The van der Waals surface area contributed by atoms with E-state index in [1.54, 1.807) is 12.3 Å². The summed E-state index contributed by atoms with van der Waals surface area (Å²) in [6.45, 7) is 4.76. The number of ether oxygens (including phenoxy) is 1. The minimum Gasteiger partial charge on any atom is -0.465 e. The van der Waals surface area contributed by atoms with Crippen molar-refractivity contribution in [2.45, 2.75) is 26.4 Å². The van der Waals surface area contributed by atoms with Gasteiger partial charge in [0.1, 0.15) is 0 Å². The summed E-state index contributed by atoms with van der Waals surface area (Å²) in [6, 6.07) is 5.69. The van der Waals surface area contributed by atoms with Gasteiger partial charge in [0.05, 0.1) is 24.9 Å². The highest BCUT2D eigenvalue weighted by Crippen LogP contribution is 2.07. The van der Waals surface area contributed by atoms with E-state index >= 15 is 0 Å². The molecule has 2 aromatic rings. The first kappa shape index (κ1) is 15.3. The summed E-state index contributed by atoms with van der Waals surface area (Å²) in [5.41, 5.74) is 2.64. The third kappa shape index (κ3) is 4.43. The topological polar surface area (TPSA) is 56.2 Å². The number of carbonyl (C=O) groups excluding carboxylic acids is 1. The van der Waals surface area contributed by atoms with Crippen molar-refractivity contribution in [3.05, 3.63) is 53.6 Å². The van der Waals surface area contributed by atoms with Crippen molar-refractivity contribution in [1.82, 2.24) is 14.9 Å². The van der Waals surface area contributed by atoms with Gasteiger partial charge in [-0.25, -0.2) is 4.79 Å². The van der Waals surface area contributed by atoms with Crippen LogP contribution in [0.3, 0.4) is 0 Å². The van der Waals surface area contributed by atoms with Gasteiger partial charge in [0, 0.05) is 25.1 Å². The van der Waals surface area contributed by atoms with Gasteiger partial charge < -0.3 is 14.6 Å². The fraction of sp³-hybridized carbons (Fsp3) is 0.375. The molecule has 0 amide bonds. The Labute approximate surface area is 125 Å². The van der Waals surface area contributed by atoms with Gasteiger partial charge in [-0.05, 0) is 36.7 Å². The number of nitrogens with zero attached hydrogens (tertiary/aromatic N) is 2. The molecular weight excluding hydrogens is 266 g/mol. The number of nitrogens with one attached hydrogen (secondary N) is 1. The normalized spacial score (nSPS) is 10.6. The molecule has 112 valence electrons. The van der Waals surface area contributed by atoms with E-state index in [0.717, 1.165) is 25.2 Å². The van der Waals surface area contributed by atoms with Gasteiger partial charge in [-0.2, -0.15) is 0 Å². The molecule has 0 aliphatic rings. The predicted molar refractivity (Wildman–Crippen MR) is 81.1 cm³/mol. The molecule has 21 heavy (non-hydrogen) atoms. The van der Waals surface area contributed by atoms with Crippen molar-refractivity contribution in [3.63, 3.8) is 0 Å². The lowest BCUT2D eigenvalue weighted by atomic mass is 10.2. The summed E-state index contributed by atoms with van der Waals surface area (Å²) in [7, 11) is 1.37. The zero-order valence-electron chi connectivity index (χ0n) is 12.5. The first-order chi connectivity index (χ1) is 10.2. The fourth-order valence-electron chi connectivity index (χ4n) is 2.05. The molecule has 0 atom stereocenters. The van der Waals surface area contributed by atoms with Crippen LogP contribution in [0.1, 0.15) is 35.0 Å². The fourth-order valence-corrected chi connectivity index (χ4v) is 2.05. The van der Waals surface area contributed by atoms with Crippen molar-refractivity contribution in [2.24, 2.45) is 0 Å². The third-order valence-corrected chi connectivity index (χ3v) is 3.16. The average molecular weight is 287 g/mol. The van der Waals surface area contributed by atoms with Crippen molar-refractivity contribution in [2.75, 3.05) is 13.7 Å². The van der Waals surface area contributed by atoms with Crippen LogP contribution in [0.15, 0.2) is 36.8 Å². The van der Waals surface area contributed by atoms with Crippen molar-refractivity contribution < 1.29 is 9.53 Å². The highest BCUT2D eigenvalue weighted by atomic mass is 16.5. The quantitative estimate of drug-likeness (QED) is 0.626. The van der Waals surface area contributed by atoms with E-state index in [1.165, 1.54) is 12.7 Å². The molecule has 0 aliphatic heterocycles. The van der Waals surface area contributed by atoms with E-state index in [4.69, 9.17) is 0 Å². The van der Waals surface area contributed by atoms with E-state index in [0.29, 0.717) is 12.1 Å². The van der Waals surface area contributed by atoms with Crippen LogP contribution in [0.5, 0.6) is 0 Å². The summed E-state index contributed by atoms with van der Waals surface area (Å²) < 4.78 is 6.74. The number of hydrogen-bond acceptors (Lipinski definition) is 4. The molecule has 0 bridgehead atoms. The Morgan fingerprint density at radius 2 is 2.24 bits per heavy atom. The summed E-state index contributed by atoms with van der Waals surface area (Å²) in [6.07, 6.45) is 6.84. The molecule has 0 fully saturated rings. The predicted octanol–water partition coefficient (Wildman–Crippen LogP) is 2.22. The number of hydrogen-bond donors (Lipinski definition) is 1. The highest BCUT2D eigenvalue weighted by molar-refractivity contribution is 5.88. The molecule has 2 rings (SSSR count). The van der Waals surface area contributed by atoms with Crippen LogP contribution < -0.4 is 5.32 Å². The Kier molecular flexibility index (Phi) is 5.51. The zero-order valence-corrected chi connectivity index (χ0v) is 12.5. The van der Waals surface area contributed by atoms with Crippen LogP contribution in [0.25, 0.3) is 0 Å². The summed E-state index contributed by atoms with van der Waals surface area (Å²) in [5.74, 6) is -0.362. The van der Waals surface area contributed by atoms with E-state index in [-0.39, 0.29) is 5.97 Å². The second-order valence-electron chi connectivity index (χ2n) is 4.90. The molecule has 5 nitrogen and oxygen atoms in total. The Morgan fingerprint density at radius 3 is 2.90 bits per heavy atom. The summed E-state index contributed by atoms with van der Waals surface area (Å²) >= 11 is 0. The lowest BCUT2D eigenvalue weighted by molar-refractivity contribution is 0.0600. The Bertz CT molecular complexity index is 575. The summed E-state index contributed by atoms with van der Waals surface area (Å²) in [4.78, 5) is 15.6. The molecule has 2 aromatic heterocycles. The van der Waals surface area contributed by atoms with Crippen LogP contribution >= 0.6 is 0 Å². The first-order valence-corrected chi connectivity index (χ1v) is 7.11. The van der Waals surface area contributed by atoms with Gasteiger partial charge >= 0.3 is 5.97 Å².